The topological polar surface area (TPSA) is 104 Å². The van der Waals surface area contributed by atoms with Crippen LogP contribution < -0.4 is 0 Å². The third-order valence-corrected chi connectivity index (χ3v) is 5.14. The maximum atomic E-state index is 12.2. The van der Waals surface area contributed by atoms with E-state index in [0.29, 0.717) is 10.3 Å². The van der Waals surface area contributed by atoms with Crippen LogP contribution in [0, 0.1) is 0 Å². The molecule has 2 atom stereocenters. The summed E-state index contributed by atoms with van der Waals surface area (Å²) in [6.45, 7) is 0. The molecule has 0 fully saturated rings. The minimum atomic E-state index is -0.918. The Morgan fingerprint density at radius 2 is 1.12 bits per heavy atom. The van der Waals surface area contributed by atoms with E-state index >= 15 is 0 Å². The van der Waals surface area contributed by atoms with Gasteiger partial charge in [-0.25, -0.2) is 19.9 Å². The predicted octanol–water partition coefficient (Wildman–Crippen LogP) is 1.23. The Kier molecular flexibility index (Phi) is 6.94. The summed E-state index contributed by atoms with van der Waals surface area (Å²) in [6.07, 6.45) is 6.18. The molecule has 0 aromatic carbocycles. The van der Waals surface area contributed by atoms with Gasteiger partial charge in [0.1, 0.15) is 10.5 Å². The lowest BCUT2D eigenvalue weighted by atomic mass is 10.3. The summed E-state index contributed by atoms with van der Waals surface area (Å²) in [5.74, 6) is -1.18. The van der Waals surface area contributed by atoms with Gasteiger partial charge >= 0.3 is 11.9 Å². The number of thioether (sulfide) groups is 2. The van der Waals surface area contributed by atoms with Gasteiger partial charge in [0.2, 0.25) is 0 Å². The summed E-state index contributed by atoms with van der Waals surface area (Å²) < 4.78 is 9.64. The van der Waals surface area contributed by atoms with Crippen molar-refractivity contribution in [1.29, 1.82) is 0 Å². The van der Waals surface area contributed by atoms with E-state index in [9.17, 15) is 9.59 Å². The maximum Gasteiger partial charge on any atom is 0.321 e. The van der Waals surface area contributed by atoms with Gasteiger partial charge in [0.15, 0.2) is 10.3 Å². The quantitative estimate of drug-likeness (QED) is 0.404. The summed E-state index contributed by atoms with van der Waals surface area (Å²) in [5, 5.41) is -1.15. The zero-order chi connectivity index (χ0) is 17.4. The number of aromatic nitrogens is 4. The summed E-state index contributed by atoms with van der Waals surface area (Å²) >= 11 is 2.04. The lowest BCUT2D eigenvalue weighted by Gasteiger charge is -2.20. The van der Waals surface area contributed by atoms with Crippen LogP contribution in [0.1, 0.15) is 0 Å². The Bertz CT molecular complexity index is 615. The van der Waals surface area contributed by atoms with Crippen LogP contribution >= 0.6 is 23.5 Å². The van der Waals surface area contributed by atoms with Gasteiger partial charge in [-0.2, -0.15) is 0 Å². The van der Waals surface area contributed by atoms with Crippen molar-refractivity contribution in [3.05, 3.63) is 36.9 Å². The molecule has 10 heteroatoms. The van der Waals surface area contributed by atoms with E-state index in [1.165, 1.54) is 14.2 Å². The van der Waals surface area contributed by atoms with E-state index in [2.05, 4.69) is 19.9 Å². The minimum absolute atomic E-state index is 0.344. The molecule has 0 radical (unpaired) electrons. The van der Waals surface area contributed by atoms with Crippen LogP contribution in [0.2, 0.25) is 0 Å². The van der Waals surface area contributed by atoms with E-state index in [-0.39, 0.29) is 0 Å². The Labute approximate surface area is 146 Å². The van der Waals surface area contributed by atoms with Crippen molar-refractivity contribution in [2.75, 3.05) is 14.2 Å². The van der Waals surface area contributed by atoms with Gasteiger partial charge in [-0.3, -0.25) is 9.59 Å². The largest absolute Gasteiger partial charge is 0.468 e. The molecule has 0 saturated heterocycles. The average Bonchev–Trinajstić information content (AvgIpc) is 2.65. The highest BCUT2D eigenvalue weighted by atomic mass is 32.2. The molecule has 0 aliphatic heterocycles. The maximum absolute atomic E-state index is 12.2. The zero-order valence-electron chi connectivity index (χ0n) is 12.9. The number of hydrogen-bond donors (Lipinski definition) is 0. The first kappa shape index (κ1) is 18.1. The highest BCUT2D eigenvalue weighted by Gasteiger charge is 2.38. The minimum Gasteiger partial charge on any atom is -0.468 e. The number of esters is 2. The Morgan fingerprint density at radius 1 is 0.792 bits per heavy atom. The summed E-state index contributed by atoms with van der Waals surface area (Å²) in [5.41, 5.74) is 0. The molecule has 0 aliphatic carbocycles. The Balaban J connectivity index is 2.29. The van der Waals surface area contributed by atoms with Crippen molar-refractivity contribution in [3.63, 3.8) is 0 Å². The molecule has 126 valence electrons. The SMILES string of the molecule is COC(=O)[C@@H](Sc1ncccn1)[C@H](Sc1ncccn1)C(=O)OC. The van der Waals surface area contributed by atoms with Gasteiger partial charge in [0.05, 0.1) is 14.2 Å². The molecule has 0 amide bonds. The second-order valence-electron chi connectivity index (χ2n) is 4.19. The molecule has 2 heterocycles. The van der Waals surface area contributed by atoms with Gasteiger partial charge in [-0.05, 0) is 12.1 Å². The molecule has 24 heavy (non-hydrogen) atoms. The van der Waals surface area contributed by atoms with E-state index < -0.39 is 22.4 Å². The molecular formula is C14H14N4O4S2. The van der Waals surface area contributed by atoms with Gasteiger partial charge in [-0.1, -0.05) is 23.5 Å². The first-order valence-corrected chi connectivity index (χ1v) is 8.44. The molecule has 0 N–H and O–H groups in total. The van der Waals surface area contributed by atoms with Crippen LogP contribution in [0.25, 0.3) is 0 Å². The van der Waals surface area contributed by atoms with E-state index in [1.54, 1.807) is 36.9 Å². The highest BCUT2D eigenvalue weighted by Crippen LogP contribution is 2.33. The summed E-state index contributed by atoms with van der Waals surface area (Å²) in [6, 6.07) is 3.31. The van der Waals surface area contributed by atoms with Crippen LogP contribution in [-0.2, 0) is 19.1 Å². The van der Waals surface area contributed by atoms with Crippen LogP contribution in [-0.4, -0.2) is 56.6 Å². The van der Waals surface area contributed by atoms with Crippen molar-refractivity contribution < 1.29 is 19.1 Å². The first-order valence-electron chi connectivity index (χ1n) is 6.68. The van der Waals surface area contributed by atoms with Crippen molar-refractivity contribution >= 4 is 35.5 Å². The number of methoxy groups -OCH3 is 2. The Morgan fingerprint density at radius 3 is 1.42 bits per heavy atom. The van der Waals surface area contributed by atoms with E-state index in [0.717, 1.165) is 23.5 Å². The number of carbonyl (C=O) groups excluding carboxylic acids is 2. The molecule has 8 nitrogen and oxygen atoms in total. The van der Waals surface area contributed by atoms with Gasteiger partial charge in [-0.15, -0.1) is 0 Å². The van der Waals surface area contributed by atoms with Gasteiger partial charge in [0, 0.05) is 24.8 Å². The van der Waals surface area contributed by atoms with Crippen LogP contribution in [0.4, 0.5) is 0 Å². The van der Waals surface area contributed by atoms with Gasteiger partial charge in [0.25, 0.3) is 0 Å². The van der Waals surface area contributed by atoms with Crippen molar-refractivity contribution in [3.8, 4) is 0 Å². The number of hydrogen-bond acceptors (Lipinski definition) is 10. The molecule has 2 aromatic rings. The monoisotopic (exact) mass is 366 g/mol. The first-order chi connectivity index (χ1) is 11.7. The summed E-state index contributed by atoms with van der Waals surface area (Å²) in [4.78, 5) is 40.7. The standard InChI is InChI=1S/C14H14N4O4S2/c1-21-11(19)9(23-13-15-5-3-6-16-13)10(12(20)22-2)24-14-17-7-4-8-18-14/h3-10H,1-2H3/t9-,10-/m0/s1. The fourth-order valence-electron chi connectivity index (χ4n) is 1.62. The number of nitrogens with zero attached hydrogens (tertiary/aromatic N) is 4. The highest BCUT2D eigenvalue weighted by molar-refractivity contribution is 8.04. The molecule has 2 rings (SSSR count). The number of rotatable bonds is 7. The summed E-state index contributed by atoms with van der Waals surface area (Å²) in [7, 11) is 2.50. The van der Waals surface area contributed by atoms with Gasteiger partial charge < -0.3 is 9.47 Å². The second kappa shape index (κ2) is 9.18. The number of carbonyl (C=O) groups is 2. The zero-order valence-corrected chi connectivity index (χ0v) is 14.5. The number of ether oxygens (including phenoxy) is 2. The molecule has 0 spiro atoms. The lowest BCUT2D eigenvalue weighted by Crippen LogP contribution is -2.37. The fraction of sp³-hybridized carbons (Fsp3) is 0.286. The van der Waals surface area contributed by atoms with Crippen LogP contribution in [0.5, 0.6) is 0 Å². The van der Waals surface area contributed by atoms with Crippen molar-refractivity contribution in [1.82, 2.24) is 19.9 Å². The van der Waals surface area contributed by atoms with Crippen LogP contribution in [0.15, 0.2) is 47.2 Å². The smallest absolute Gasteiger partial charge is 0.321 e. The van der Waals surface area contributed by atoms with Crippen molar-refractivity contribution in [2.24, 2.45) is 0 Å². The van der Waals surface area contributed by atoms with E-state index in [4.69, 9.17) is 9.47 Å². The second-order valence-corrected chi connectivity index (χ2v) is 6.40. The molecule has 0 unspecified atom stereocenters. The molecule has 0 aliphatic rings. The third kappa shape index (κ3) is 4.90. The average molecular weight is 366 g/mol. The fourth-order valence-corrected chi connectivity index (χ4v) is 3.75. The van der Waals surface area contributed by atoms with Crippen molar-refractivity contribution in [2.45, 2.75) is 20.8 Å². The Hall–Kier alpha value is -2.20. The molecule has 0 saturated carbocycles. The van der Waals surface area contributed by atoms with E-state index in [1.807, 2.05) is 0 Å². The normalized spacial score (nSPS) is 12.9. The third-order valence-electron chi connectivity index (χ3n) is 2.69. The molecular weight excluding hydrogens is 352 g/mol. The lowest BCUT2D eigenvalue weighted by molar-refractivity contribution is -0.146. The van der Waals surface area contributed by atoms with Crippen LogP contribution in [0.3, 0.4) is 0 Å². The predicted molar refractivity (Wildman–Crippen MR) is 87.4 cm³/mol. The molecule has 0 bridgehead atoms. The molecule has 2 aromatic heterocycles.